The molecule has 0 amide bonds. The van der Waals surface area contributed by atoms with E-state index in [1.807, 2.05) is 18.2 Å². The van der Waals surface area contributed by atoms with Crippen molar-refractivity contribution in [3.05, 3.63) is 68.7 Å². The van der Waals surface area contributed by atoms with Gasteiger partial charge in [0.05, 0.1) is 5.38 Å². The van der Waals surface area contributed by atoms with Crippen molar-refractivity contribution >= 4 is 39.1 Å². The van der Waals surface area contributed by atoms with Crippen LogP contribution in [0.15, 0.2) is 46.9 Å². The van der Waals surface area contributed by atoms with E-state index in [2.05, 4.69) is 47.1 Å². The van der Waals surface area contributed by atoms with E-state index in [0.29, 0.717) is 5.02 Å². The molecule has 0 radical (unpaired) electrons. The van der Waals surface area contributed by atoms with E-state index in [9.17, 15) is 0 Å². The fourth-order valence-electron chi connectivity index (χ4n) is 2.03. The molecule has 0 saturated heterocycles. The molecular weight excluding hydrogens is 343 g/mol. The van der Waals surface area contributed by atoms with Gasteiger partial charge in [-0.1, -0.05) is 71.2 Å². The highest BCUT2D eigenvalue weighted by Gasteiger charge is 2.14. The Bertz CT molecular complexity index is 549. The van der Waals surface area contributed by atoms with Crippen LogP contribution >= 0.6 is 39.1 Å². The van der Waals surface area contributed by atoms with Crippen LogP contribution in [0.2, 0.25) is 5.02 Å². The first-order chi connectivity index (χ1) is 9.11. The molecule has 1 atom stereocenters. The summed E-state index contributed by atoms with van der Waals surface area (Å²) in [7, 11) is 0. The van der Waals surface area contributed by atoms with Crippen molar-refractivity contribution in [3.63, 3.8) is 0 Å². The van der Waals surface area contributed by atoms with E-state index in [0.717, 1.165) is 28.4 Å². The molecule has 0 N–H and O–H groups in total. The Labute approximate surface area is 132 Å². The first-order valence-electron chi connectivity index (χ1n) is 6.29. The quantitative estimate of drug-likeness (QED) is 0.556. The third-order valence-corrected chi connectivity index (χ3v) is 4.46. The molecule has 0 spiro atoms. The summed E-state index contributed by atoms with van der Waals surface area (Å²) in [6, 6.07) is 14.2. The molecule has 100 valence electrons. The molecule has 0 nitrogen and oxygen atoms in total. The van der Waals surface area contributed by atoms with Crippen LogP contribution in [0.5, 0.6) is 0 Å². The number of halogens is 3. The lowest BCUT2D eigenvalue weighted by molar-refractivity contribution is 0.920. The van der Waals surface area contributed by atoms with Crippen molar-refractivity contribution in [2.75, 3.05) is 0 Å². The first-order valence-corrected chi connectivity index (χ1v) is 7.90. The zero-order chi connectivity index (χ0) is 13.8. The van der Waals surface area contributed by atoms with Crippen molar-refractivity contribution in [3.8, 4) is 0 Å². The number of benzene rings is 2. The van der Waals surface area contributed by atoms with Gasteiger partial charge < -0.3 is 0 Å². The maximum atomic E-state index is 6.55. The summed E-state index contributed by atoms with van der Waals surface area (Å²) in [6.07, 6.45) is 2.27. The minimum Gasteiger partial charge on any atom is -0.113 e. The van der Waals surface area contributed by atoms with Gasteiger partial charge in [-0.15, -0.1) is 11.6 Å². The van der Waals surface area contributed by atoms with Gasteiger partial charge >= 0.3 is 0 Å². The van der Waals surface area contributed by atoms with Gasteiger partial charge in [0.2, 0.25) is 0 Å². The standard InChI is InChI=1S/C16H15BrCl2/c1-2-3-11-4-6-12(7-5-11)16(19)14-9-8-13(18)10-15(14)17/h4-10,16H,2-3H2,1H3. The average Bonchev–Trinajstić information content (AvgIpc) is 2.39. The molecule has 0 heterocycles. The number of rotatable bonds is 4. The molecule has 19 heavy (non-hydrogen) atoms. The average molecular weight is 358 g/mol. The molecule has 0 aliphatic heterocycles. The van der Waals surface area contributed by atoms with Gasteiger partial charge in [-0.3, -0.25) is 0 Å². The highest BCUT2D eigenvalue weighted by atomic mass is 79.9. The normalized spacial score (nSPS) is 12.4. The molecule has 0 fully saturated rings. The van der Waals surface area contributed by atoms with Crippen LogP contribution in [0.4, 0.5) is 0 Å². The van der Waals surface area contributed by atoms with Crippen LogP contribution in [0.1, 0.15) is 35.4 Å². The van der Waals surface area contributed by atoms with Gasteiger partial charge in [-0.2, -0.15) is 0 Å². The Morgan fingerprint density at radius 1 is 1.11 bits per heavy atom. The van der Waals surface area contributed by atoms with Crippen molar-refractivity contribution in [2.24, 2.45) is 0 Å². The van der Waals surface area contributed by atoms with Crippen molar-refractivity contribution in [1.82, 2.24) is 0 Å². The lowest BCUT2D eigenvalue weighted by atomic mass is 10.0. The second kappa shape index (κ2) is 6.78. The van der Waals surface area contributed by atoms with Crippen LogP contribution < -0.4 is 0 Å². The molecule has 2 rings (SSSR count). The molecule has 3 heteroatoms. The van der Waals surface area contributed by atoms with Gasteiger partial charge in [0.25, 0.3) is 0 Å². The van der Waals surface area contributed by atoms with Crippen molar-refractivity contribution < 1.29 is 0 Å². The largest absolute Gasteiger partial charge is 0.113 e. The van der Waals surface area contributed by atoms with E-state index in [1.165, 1.54) is 5.56 Å². The zero-order valence-electron chi connectivity index (χ0n) is 10.7. The Morgan fingerprint density at radius 2 is 1.79 bits per heavy atom. The summed E-state index contributed by atoms with van der Waals surface area (Å²) in [6.45, 7) is 2.18. The van der Waals surface area contributed by atoms with E-state index >= 15 is 0 Å². The van der Waals surface area contributed by atoms with E-state index in [1.54, 1.807) is 0 Å². The van der Waals surface area contributed by atoms with Gasteiger partial charge in [0.15, 0.2) is 0 Å². The summed E-state index contributed by atoms with van der Waals surface area (Å²) in [5.74, 6) is 0. The topological polar surface area (TPSA) is 0 Å². The van der Waals surface area contributed by atoms with Gasteiger partial charge in [0.1, 0.15) is 0 Å². The fourth-order valence-corrected chi connectivity index (χ4v) is 3.41. The fraction of sp³-hybridized carbons (Fsp3) is 0.250. The number of aryl methyl sites for hydroxylation is 1. The van der Waals surface area contributed by atoms with Crippen LogP contribution in [-0.4, -0.2) is 0 Å². The second-order valence-corrected chi connectivity index (χ2v) is 6.25. The van der Waals surface area contributed by atoms with Gasteiger partial charge in [-0.05, 0) is 35.2 Å². The lowest BCUT2D eigenvalue weighted by Crippen LogP contribution is -1.95. The Hall–Kier alpha value is -0.500. The van der Waals surface area contributed by atoms with E-state index in [-0.39, 0.29) is 5.38 Å². The number of hydrogen-bond acceptors (Lipinski definition) is 0. The summed E-state index contributed by atoms with van der Waals surface area (Å²) >= 11 is 16.0. The maximum Gasteiger partial charge on any atom is 0.0846 e. The zero-order valence-corrected chi connectivity index (χ0v) is 13.8. The molecule has 2 aromatic rings. The Balaban J connectivity index is 2.25. The first kappa shape index (κ1) is 14.9. The SMILES string of the molecule is CCCc1ccc(C(Cl)c2ccc(Cl)cc2Br)cc1. The lowest BCUT2D eigenvalue weighted by Gasteiger charge is -2.13. The summed E-state index contributed by atoms with van der Waals surface area (Å²) < 4.78 is 0.942. The molecule has 0 aliphatic rings. The Morgan fingerprint density at radius 3 is 2.37 bits per heavy atom. The molecule has 0 bridgehead atoms. The predicted octanol–water partition coefficient (Wildman–Crippen LogP) is 6.38. The summed E-state index contributed by atoms with van der Waals surface area (Å²) in [4.78, 5) is 0. The predicted molar refractivity (Wildman–Crippen MR) is 87.3 cm³/mol. The maximum absolute atomic E-state index is 6.55. The molecule has 2 aromatic carbocycles. The highest BCUT2D eigenvalue weighted by Crippen LogP contribution is 2.35. The summed E-state index contributed by atoms with van der Waals surface area (Å²) in [5, 5.41) is 0.542. The summed E-state index contributed by atoms with van der Waals surface area (Å²) in [5.41, 5.74) is 3.49. The van der Waals surface area contributed by atoms with Crippen LogP contribution in [0.3, 0.4) is 0 Å². The third-order valence-electron chi connectivity index (χ3n) is 3.05. The van der Waals surface area contributed by atoms with Crippen LogP contribution in [0, 0.1) is 0 Å². The van der Waals surface area contributed by atoms with Gasteiger partial charge in [0, 0.05) is 9.50 Å². The molecule has 0 aromatic heterocycles. The highest BCUT2D eigenvalue weighted by molar-refractivity contribution is 9.10. The molecule has 0 aliphatic carbocycles. The van der Waals surface area contributed by atoms with Crippen LogP contribution in [0.25, 0.3) is 0 Å². The van der Waals surface area contributed by atoms with Crippen molar-refractivity contribution in [2.45, 2.75) is 25.1 Å². The molecule has 0 saturated carbocycles. The second-order valence-electron chi connectivity index (χ2n) is 4.52. The number of hydrogen-bond donors (Lipinski definition) is 0. The smallest absolute Gasteiger partial charge is 0.0846 e. The third kappa shape index (κ3) is 3.75. The monoisotopic (exact) mass is 356 g/mol. The van der Waals surface area contributed by atoms with Gasteiger partial charge in [-0.25, -0.2) is 0 Å². The van der Waals surface area contributed by atoms with Crippen LogP contribution in [-0.2, 0) is 6.42 Å². The minimum atomic E-state index is -0.165. The van der Waals surface area contributed by atoms with E-state index < -0.39 is 0 Å². The molecule has 1 unspecified atom stereocenters. The van der Waals surface area contributed by atoms with E-state index in [4.69, 9.17) is 23.2 Å². The van der Waals surface area contributed by atoms with Crippen molar-refractivity contribution in [1.29, 1.82) is 0 Å². The minimum absolute atomic E-state index is 0.165. The molecular formula is C16H15BrCl2. The Kier molecular flexibility index (Phi) is 5.32. The number of alkyl halides is 1.